The summed E-state index contributed by atoms with van der Waals surface area (Å²) in [6, 6.07) is -0.374. The molecule has 0 spiro atoms. The number of nitrogens with zero attached hydrogens (tertiary/aromatic N) is 3. The van der Waals surface area contributed by atoms with E-state index in [4.69, 9.17) is 23.2 Å². The topological polar surface area (TPSA) is 89.3 Å². The Kier molecular flexibility index (Phi) is 4.60. The summed E-state index contributed by atoms with van der Waals surface area (Å²) < 4.78 is 23.7. The number of hydrogen-bond acceptors (Lipinski definition) is 5. The first-order chi connectivity index (χ1) is 9.71. The number of hydrogen-bond donors (Lipinski definition) is 0. The van der Waals surface area contributed by atoms with Crippen molar-refractivity contribution in [3.8, 4) is 0 Å². The van der Waals surface area contributed by atoms with E-state index >= 15 is 0 Å². The predicted molar refractivity (Wildman–Crippen MR) is 78.3 cm³/mol. The van der Waals surface area contributed by atoms with Crippen LogP contribution in [-0.4, -0.2) is 53.6 Å². The zero-order valence-corrected chi connectivity index (χ0v) is 13.5. The standard InChI is InChI=1S/C11H13Cl2N3O4S/c1-15(7-2-3-21(19,20)6-7)9(17)5-16-11(18)10(13)8(12)4-14-16/h4,7H,2-3,5-6H2,1H3/t7-/m1/s1. The third-order valence-electron chi connectivity index (χ3n) is 3.38. The first kappa shape index (κ1) is 16.3. The van der Waals surface area contributed by atoms with Gasteiger partial charge in [0.25, 0.3) is 5.56 Å². The molecule has 1 atom stereocenters. The first-order valence-corrected chi connectivity index (χ1v) is 8.66. The summed E-state index contributed by atoms with van der Waals surface area (Å²) in [5.41, 5.74) is -0.662. The Balaban J connectivity index is 2.12. The Labute approximate surface area is 131 Å². The molecule has 0 saturated carbocycles. The largest absolute Gasteiger partial charge is 0.340 e. The van der Waals surface area contributed by atoms with Crippen molar-refractivity contribution < 1.29 is 13.2 Å². The van der Waals surface area contributed by atoms with E-state index < -0.39 is 21.3 Å². The average Bonchev–Trinajstić information content (AvgIpc) is 2.78. The molecule has 1 aliphatic heterocycles. The molecule has 0 N–H and O–H groups in total. The summed E-state index contributed by atoms with van der Waals surface area (Å²) in [7, 11) is -1.57. The van der Waals surface area contributed by atoms with Crippen LogP contribution < -0.4 is 5.56 Å². The van der Waals surface area contributed by atoms with E-state index in [-0.39, 0.29) is 34.1 Å². The molecule has 1 aromatic heterocycles. The van der Waals surface area contributed by atoms with E-state index in [1.165, 1.54) is 18.1 Å². The summed E-state index contributed by atoms with van der Waals surface area (Å²) >= 11 is 11.4. The molecule has 0 radical (unpaired) electrons. The van der Waals surface area contributed by atoms with Gasteiger partial charge in [-0.15, -0.1) is 0 Å². The molecule has 10 heteroatoms. The Morgan fingerprint density at radius 3 is 2.76 bits per heavy atom. The molecular weight excluding hydrogens is 341 g/mol. The normalized spacial score (nSPS) is 20.4. The van der Waals surface area contributed by atoms with Crippen molar-refractivity contribution in [2.75, 3.05) is 18.6 Å². The van der Waals surface area contributed by atoms with Gasteiger partial charge in [0.15, 0.2) is 9.84 Å². The van der Waals surface area contributed by atoms with E-state index in [0.29, 0.717) is 6.42 Å². The van der Waals surface area contributed by atoms with Gasteiger partial charge < -0.3 is 4.90 Å². The van der Waals surface area contributed by atoms with Gasteiger partial charge in [0.05, 0.1) is 22.7 Å². The van der Waals surface area contributed by atoms with Crippen molar-refractivity contribution in [1.29, 1.82) is 0 Å². The fraction of sp³-hybridized carbons (Fsp3) is 0.545. The van der Waals surface area contributed by atoms with Crippen molar-refractivity contribution in [2.24, 2.45) is 0 Å². The van der Waals surface area contributed by atoms with E-state index in [0.717, 1.165) is 4.68 Å². The first-order valence-electron chi connectivity index (χ1n) is 6.08. The minimum absolute atomic E-state index is 0.0145. The van der Waals surface area contributed by atoms with Crippen molar-refractivity contribution >= 4 is 38.9 Å². The third kappa shape index (κ3) is 3.56. The number of sulfone groups is 1. The van der Waals surface area contributed by atoms with E-state index in [2.05, 4.69) is 5.10 Å². The summed E-state index contributed by atoms with van der Waals surface area (Å²) in [4.78, 5) is 25.2. The zero-order chi connectivity index (χ0) is 15.8. The maximum Gasteiger partial charge on any atom is 0.287 e. The van der Waals surface area contributed by atoms with Gasteiger partial charge in [-0.25, -0.2) is 13.1 Å². The quantitative estimate of drug-likeness (QED) is 0.773. The molecule has 21 heavy (non-hydrogen) atoms. The highest BCUT2D eigenvalue weighted by molar-refractivity contribution is 7.91. The van der Waals surface area contributed by atoms with Gasteiger partial charge in [0, 0.05) is 13.1 Å². The van der Waals surface area contributed by atoms with E-state index in [1.807, 2.05) is 0 Å². The molecule has 0 bridgehead atoms. The average molecular weight is 354 g/mol. The SMILES string of the molecule is CN(C(=O)Cn1ncc(Cl)c(Cl)c1=O)[C@@H]1CCS(=O)(=O)C1. The number of halogens is 2. The molecule has 1 saturated heterocycles. The summed E-state index contributed by atoms with van der Waals surface area (Å²) in [6.45, 7) is -0.317. The van der Waals surface area contributed by atoms with Crippen molar-refractivity contribution in [3.63, 3.8) is 0 Å². The molecule has 0 unspecified atom stereocenters. The van der Waals surface area contributed by atoms with Crippen LogP contribution in [0.25, 0.3) is 0 Å². The number of carbonyl (C=O) groups is 1. The van der Waals surface area contributed by atoms with Crippen LogP contribution in [0.2, 0.25) is 10.0 Å². The second-order valence-corrected chi connectivity index (χ2v) is 7.84. The lowest BCUT2D eigenvalue weighted by molar-refractivity contribution is -0.132. The highest BCUT2D eigenvalue weighted by Gasteiger charge is 2.32. The lowest BCUT2D eigenvalue weighted by Crippen LogP contribution is -2.41. The molecule has 2 rings (SSSR count). The molecule has 1 amide bonds. The lowest BCUT2D eigenvalue weighted by Gasteiger charge is -2.23. The molecule has 1 aromatic rings. The molecular formula is C11H13Cl2N3O4S. The monoisotopic (exact) mass is 353 g/mol. The highest BCUT2D eigenvalue weighted by Crippen LogP contribution is 2.17. The van der Waals surface area contributed by atoms with Gasteiger partial charge in [0.2, 0.25) is 5.91 Å². The van der Waals surface area contributed by atoms with Crippen LogP contribution in [0.15, 0.2) is 11.0 Å². The van der Waals surface area contributed by atoms with Gasteiger partial charge in [-0.05, 0) is 6.42 Å². The van der Waals surface area contributed by atoms with Crippen LogP contribution in [0.3, 0.4) is 0 Å². The van der Waals surface area contributed by atoms with Gasteiger partial charge in [-0.2, -0.15) is 5.10 Å². The smallest absolute Gasteiger partial charge is 0.287 e. The minimum Gasteiger partial charge on any atom is -0.340 e. The van der Waals surface area contributed by atoms with Crippen LogP contribution in [-0.2, 0) is 21.2 Å². The van der Waals surface area contributed by atoms with E-state index in [1.54, 1.807) is 0 Å². The number of likely N-dealkylation sites (N-methyl/N-ethyl adjacent to an activating group) is 1. The van der Waals surface area contributed by atoms with Crippen molar-refractivity contribution in [1.82, 2.24) is 14.7 Å². The van der Waals surface area contributed by atoms with Crippen molar-refractivity contribution in [2.45, 2.75) is 19.0 Å². The Morgan fingerprint density at radius 2 is 2.19 bits per heavy atom. The molecule has 0 aliphatic carbocycles. The molecule has 1 aliphatic rings. The number of rotatable bonds is 3. The number of aromatic nitrogens is 2. The molecule has 2 heterocycles. The zero-order valence-electron chi connectivity index (χ0n) is 11.1. The van der Waals surface area contributed by atoms with Crippen LogP contribution in [0.5, 0.6) is 0 Å². The molecule has 116 valence electrons. The van der Waals surface area contributed by atoms with Gasteiger partial charge >= 0.3 is 0 Å². The van der Waals surface area contributed by atoms with E-state index in [9.17, 15) is 18.0 Å². The second kappa shape index (κ2) is 5.94. The third-order valence-corrected chi connectivity index (χ3v) is 5.88. The Hall–Kier alpha value is -1.12. The van der Waals surface area contributed by atoms with Gasteiger partial charge in [-0.3, -0.25) is 9.59 Å². The van der Waals surface area contributed by atoms with Crippen LogP contribution in [0.1, 0.15) is 6.42 Å². The van der Waals surface area contributed by atoms with Gasteiger partial charge in [-0.1, -0.05) is 23.2 Å². The summed E-state index contributed by atoms with van der Waals surface area (Å²) in [6.07, 6.45) is 1.58. The Bertz CT molecular complexity index is 731. The highest BCUT2D eigenvalue weighted by atomic mass is 35.5. The maximum atomic E-state index is 12.1. The predicted octanol–water partition coefficient (Wildman–Crippen LogP) is 0.196. The fourth-order valence-electron chi connectivity index (χ4n) is 2.08. The summed E-state index contributed by atoms with van der Waals surface area (Å²) in [5, 5.41) is 3.55. The molecule has 1 fully saturated rings. The van der Waals surface area contributed by atoms with Crippen LogP contribution >= 0.6 is 23.2 Å². The van der Waals surface area contributed by atoms with Crippen LogP contribution in [0.4, 0.5) is 0 Å². The second-order valence-electron chi connectivity index (χ2n) is 4.83. The summed E-state index contributed by atoms with van der Waals surface area (Å²) in [5.74, 6) is -0.399. The number of amides is 1. The Morgan fingerprint density at radius 1 is 1.52 bits per heavy atom. The number of carbonyl (C=O) groups excluding carboxylic acids is 1. The van der Waals surface area contributed by atoms with Gasteiger partial charge in [0.1, 0.15) is 11.6 Å². The van der Waals surface area contributed by atoms with Crippen LogP contribution in [0, 0.1) is 0 Å². The fourth-order valence-corrected chi connectivity index (χ4v) is 4.13. The molecule has 0 aromatic carbocycles. The minimum atomic E-state index is -3.08. The molecule has 7 nitrogen and oxygen atoms in total. The lowest BCUT2D eigenvalue weighted by atomic mass is 10.2. The maximum absolute atomic E-state index is 12.1. The van der Waals surface area contributed by atoms with Crippen molar-refractivity contribution in [3.05, 3.63) is 26.6 Å².